The Morgan fingerprint density at radius 3 is 2.80 bits per heavy atom. The Morgan fingerprint density at radius 2 is 2.15 bits per heavy atom. The summed E-state index contributed by atoms with van der Waals surface area (Å²) in [4.78, 5) is 19.2. The van der Waals surface area contributed by atoms with Crippen LogP contribution in [0.4, 0.5) is 5.95 Å². The molecule has 2 fully saturated rings. The number of nitrogens with zero attached hydrogens (tertiary/aromatic N) is 3. The molecule has 3 rings (SSSR count). The molecule has 0 aromatic carbocycles. The average molecular weight is 284 g/mol. The first kappa shape index (κ1) is 13.4. The molecular formula is C11H16N4O5. The van der Waals surface area contributed by atoms with Crippen LogP contribution in [0.15, 0.2) is 11.1 Å². The summed E-state index contributed by atoms with van der Waals surface area (Å²) in [5, 5.41) is 9.36. The first-order valence-electron chi connectivity index (χ1n) is 6.24. The minimum atomic E-state index is -0.803. The Kier molecular flexibility index (Phi) is 3.01. The van der Waals surface area contributed by atoms with Gasteiger partial charge in [0.15, 0.2) is 12.0 Å². The van der Waals surface area contributed by atoms with Gasteiger partial charge in [0.25, 0.3) is 0 Å². The van der Waals surface area contributed by atoms with Gasteiger partial charge in [0, 0.05) is 0 Å². The number of rotatable bonds is 2. The minimum absolute atomic E-state index is 0.108. The van der Waals surface area contributed by atoms with Crippen LogP contribution in [0.2, 0.25) is 0 Å². The van der Waals surface area contributed by atoms with Crippen molar-refractivity contribution in [1.29, 1.82) is 0 Å². The summed E-state index contributed by atoms with van der Waals surface area (Å²) in [7, 11) is 0. The van der Waals surface area contributed by atoms with Gasteiger partial charge in [-0.05, 0) is 13.8 Å². The molecule has 0 unspecified atom stereocenters. The zero-order valence-corrected chi connectivity index (χ0v) is 11.1. The van der Waals surface area contributed by atoms with Crippen molar-refractivity contribution in [1.82, 2.24) is 14.5 Å². The van der Waals surface area contributed by atoms with Crippen LogP contribution in [0.25, 0.3) is 0 Å². The third kappa shape index (κ3) is 2.08. The SMILES string of the molecule is CC1(C)O[C@@H]2[C@H](O1)[C@@H](CO)O[C@H]2n1cnc(N)nc1=O. The normalized spacial score (nSPS) is 35.1. The second-order valence-electron chi connectivity index (χ2n) is 5.22. The molecule has 0 aliphatic carbocycles. The summed E-state index contributed by atoms with van der Waals surface area (Å²) in [6, 6.07) is 0. The van der Waals surface area contributed by atoms with Gasteiger partial charge < -0.3 is 25.1 Å². The number of hydrogen-bond acceptors (Lipinski definition) is 8. The number of fused-ring (bicyclic) bond motifs is 1. The molecule has 1 aromatic heterocycles. The maximum Gasteiger partial charge on any atom is 0.354 e. The molecular weight excluding hydrogens is 268 g/mol. The number of hydrogen-bond donors (Lipinski definition) is 2. The quantitative estimate of drug-likeness (QED) is 0.682. The number of aliphatic hydroxyl groups excluding tert-OH is 1. The highest BCUT2D eigenvalue weighted by atomic mass is 16.8. The summed E-state index contributed by atoms with van der Waals surface area (Å²) in [5.74, 6) is -0.910. The number of aromatic nitrogens is 3. The predicted molar refractivity (Wildman–Crippen MR) is 65.5 cm³/mol. The minimum Gasteiger partial charge on any atom is -0.394 e. The summed E-state index contributed by atoms with van der Waals surface area (Å²) in [6.45, 7) is 3.29. The van der Waals surface area contributed by atoms with Gasteiger partial charge in [-0.1, -0.05) is 0 Å². The lowest BCUT2D eigenvalue weighted by atomic mass is 10.1. The van der Waals surface area contributed by atoms with Crippen molar-refractivity contribution in [3.63, 3.8) is 0 Å². The van der Waals surface area contributed by atoms with Crippen molar-refractivity contribution < 1.29 is 19.3 Å². The van der Waals surface area contributed by atoms with Gasteiger partial charge in [0.1, 0.15) is 24.6 Å². The molecule has 1 aromatic rings. The number of nitrogen functional groups attached to an aromatic ring is 1. The third-order valence-electron chi connectivity index (χ3n) is 3.32. The predicted octanol–water partition coefficient (Wildman–Crippen LogP) is -1.37. The monoisotopic (exact) mass is 284 g/mol. The van der Waals surface area contributed by atoms with Crippen molar-refractivity contribution in [3.05, 3.63) is 16.8 Å². The van der Waals surface area contributed by atoms with E-state index in [0.29, 0.717) is 0 Å². The first-order valence-corrected chi connectivity index (χ1v) is 6.24. The Hall–Kier alpha value is -1.55. The van der Waals surface area contributed by atoms with E-state index in [1.807, 2.05) is 0 Å². The Balaban J connectivity index is 1.96. The fourth-order valence-corrected chi connectivity index (χ4v) is 2.56. The van der Waals surface area contributed by atoms with Crippen LogP contribution in [0, 0.1) is 0 Å². The fraction of sp³-hybridized carbons (Fsp3) is 0.727. The van der Waals surface area contributed by atoms with Gasteiger partial charge in [-0.15, -0.1) is 0 Å². The van der Waals surface area contributed by atoms with Gasteiger partial charge in [0.05, 0.1) is 6.61 Å². The molecule has 0 saturated carbocycles. The molecule has 9 heteroatoms. The second kappa shape index (κ2) is 4.48. The lowest BCUT2D eigenvalue weighted by Crippen LogP contribution is -2.35. The van der Waals surface area contributed by atoms with E-state index in [1.165, 1.54) is 10.9 Å². The third-order valence-corrected chi connectivity index (χ3v) is 3.32. The Bertz CT molecular complexity index is 574. The smallest absolute Gasteiger partial charge is 0.354 e. The van der Waals surface area contributed by atoms with Crippen molar-refractivity contribution in [2.45, 2.75) is 44.2 Å². The molecule has 9 nitrogen and oxygen atoms in total. The van der Waals surface area contributed by atoms with E-state index in [4.69, 9.17) is 19.9 Å². The molecule has 0 bridgehead atoms. The molecule has 0 amide bonds. The van der Waals surface area contributed by atoms with E-state index in [2.05, 4.69) is 9.97 Å². The molecule has 2 aliphatic rings. The topological polar surface area (TPSA) is 122 Å². The van der Waals surface area contributed by atoms with Gasteiger partial charge in [-0.2, -0.15) is 4.98 Å². The maximum absolute atomic E-state index is 11.9. The standard InChI is InChI=1S/C11H16N4O5/c1-11(2)19-6-5(3-16)18-8(7(6)20-11)15-4-13-9(12)14-10(15)17/h4-8,16H,3H2,1-2H3,(H2,12,14,17)/t5-,6-,7-,8-/m1/s1. The van der Waals surface area contributed by atoms with E-state index in [-0.39, 0.29) is 12.6 Å². The molecule has 3 heterocycles. The highest BCUT2D eigenvalue weighted by molar-refractivity contribution is 5.10. The van der Waals surface area contributed by atoms with Crippen molar-refractivity contribution >= 4 is 5.95 Å². The molecule has 2 saturated heterocycles. The molecule has 110 valence electrons. The molecule has 2 aliphatic heterocycles. The van der Waals surface area contributed by atoms with Crippen LogP contribution in [-0.4, -0.2) is 50.3 Å². The molecule has 0 spiro atoms. The van der Waals surface area contributed by atoms with E-state index >= 15 is 0 Å². The summed E-state index contributed by atoms with van der Waals surface area (Å²) >= 11 is 0. The fourth-order valence-electron chi connectivity index (χ4n) is 2.56. The van der Waals surface area contributed by atoms with Crippen LogP contribution >= 0.6 is 0 Å². The summed E-state index contributed by atoms with van der Waals surface area (Å²) in [6.07, 6.45) is -1.05. The van der Waals surface area contributed by atoms with Gasteiger partial charge in [-0.3, -0.25) is 4.57 Å². The van der Waals surface area contributed by atoms with Crippen LogP contribution in [0.1, 0.15) is 20.1 Å². The van der Waals surface area contributed by atoms with Gasteiger partial charge in [0.2, 0.25) is 5.95 Å². The lowest BCUT2D eigenvalue weighted by Gasteiger charge is -2.24. The highest BCUT2D eigenvalue weighted by Crippen LogP contribution is 2.42. The van der Waals surface area contributed by atoms with Gasteiger partial charge >= 0.3 is 5.69 Å². The van der Waals surface area contributed by atoms with Crippen LogP contribution in [-0.2, 0) is 14.2 Å². The summed E-state index contributed by atoms with van der Waals surface area (Å²) < 4.78 is 18.3. The van der Waals surface area contributed by atoms with E-state index in [1.54, 1.807) is 13.8 Å². The van der Waals surface area contributed by atoms with E-state index in [0.717, 1.165) is 0 Å². The van der Waals surface area contributed by atoms with Crippen LogP contribution in [0.3, 0.4) is 0 Å². The van der Waals surface area contributed by atoms with Crippen molar-refractivity contribution in [3.8, 4) is 0 Å². The zero-order valence-electron chi connectivity index (χ0n) is 11.1. The number of anilines is 1. The largest absolute Gasteiger partial charge is 0.394 e. The van der Waals surface area contributed by atoms with E-state index in [9.17, 15) is 9.90 Å². The summed E-state index contributed by atoms with van der Waals surface area (Å²) in [5.41, 5.74) is 4.77. The Morgan fingerprint density at radius 1 is 1.45 bits per heavy atom. The van der Waals surface area contributed by atoms with Crippen molar-refractivity contribution in [2.24, 2.45) is 0 Å². The van der Waals surface area contributed by atoms with Crippen LogP contribution in [0.5, 0.6) is 0 Å². The first-order chi connectivity index (χ1) is 9.41. The number of ether oxygens (including phenoxy) is 3. The molecule has 3 N–H and O–H groups in total. The number of aliphatic hydroxyl groups is 1. The number of nitrogens with two attached hydrogens (primary N) is 1. The molecule has 20 heavy (non-hydrogen) atoms. The zero-order chi connectivity index (χ0) is 14.5. The van der Waals surface area contributed by atoms with E-state index < -0.39 is 36.0 Å². The molecule has 4 atom stereocenters. The molecule has 0 radical (unpaired) electrons. The highest BCUT2D eigenvalue weighted by Gasteiger charge is 2.55. The lowest BCUT2D eigenvalue weighted by molar-refractivity contribution is -0.200. The van der Waals surface area contributed by atoms with Crippen molar-refractivity contribution in [2.75, 3.05) is 12.3 Å². The maximum atomic E-state index is 11.9. The second-order valence-corrected chi connectivity index (χ2v) is 5.22. The Labute approximate surface area is 114 Å². The average Bonchev–Trinajstić information content (AvgIpc) is 2.83. The van der Waals surface area contributed by atoms with Crippen LogP contribution < -0.4 is 11.4 Å². The van der Waals surface area contributed by atoms with Gasteiger partial charge in [-0.25, -0.2) is 9.78 Å².